The molecule has 0 unspecified atom stereocenters. The number of carbonyl (C=O) groups excluding carboxylic acids is 3. The number of rotatable bonds is 45. The molecule has 0 aromatic carbocycles. The summed E-state index contributed by atoms with van der Waals surface area (Å²) in [6, 6.07) is 0. The second kappa shape index (κ2) is 51.7. The maximum Gasteiger partial charge on any atom is 0.306 e. The number of hydrogen-bond acceptors (Lipinski definition) is 6. The molecule has 0 spiro atoms. The molecule has 6 heteroatoms. The Balaban J connectivity index is 4.54. The summed E-state index contributed by atoms with van der Waals surface area (Å²) in [5, 5.41) is 0. The molecule has 0 amide bonds. The van der Waals surface area contributed by atoms with Crippen molar-refractivity contribution < 1.29 is 28.6 Å². The number of allylic oxidation sites excluding steroid dienone is 18. The van der Waals surface area contributed by atoms with Crippen molar-refractivity contribution in [2.75, 3.05) is 13.2 Å². The Labute approximate surface area is 393 Å². The number of esters is 3. The van der Waals surface area contributed by atoms with Crippen LogP contribution in [-0.4, -0.2) is 37.2 Å². The average molecular weight is 887 g/mol. The molecule has 6 nitrogen and oxygen atoms in total. The normalized spacial score (nSPS) is 13.0. The van der Waals surface area contributed by atoms with Gasteiger partial charge in [0, 0.05) is 19.3 Å². The van der Waals surface area contributed by atoms with Gasteiger partial charge < -0.3 is 14.2 Å². The van der Waals surface area contributed by atoms with Gasteiger partial charge >= 0.3 is 17.9 Å². The molecule has 0 radical (unpaired) electrons. The predicted molar refractivity (Wildman–Crippen MR) is 274 cm³/mol. The van der Waals surface area contributed by atoms with Crippen LogP contribution in [0.3, 0.4) is 0 Å². The SMILES string of the molecule is CC/C=C\C/C=C\C/C=C\CCCCCCCC(=O)O[C@@H](COC(=O)CCC/C=C\C/C=C\C/C=C\C/C=C\CCCCC)COC(=O)CCCCCCC/C=C\C/C=C\CCCC. The molecule has 0 aliphatic carbocycles. The molecule has 0 aliphatic rings. The lowest BCUT2D eigenvalue weighted by Crippen LogP contribution is -2.30. The molecule has 0 saturated carbocycles. The third-order valence-corrected chi connectivity index (χ3v) is 10.5. The molecular formula is C58H94O6. The standard InChI is InChI=1S/C58H94O6/c1-4-7-10-13-16-19-22-25-28-29-31-33-36-39-42-45-48-51-57(60)63-54-55(53-62-56(59)50-47-44-41-38-35-32-27-24-21-18-15-12-9-6-3)64-58(61)52-49-46-43-40-37-34-30-26-23-20-17-14-11-8-5-2/h8,11,15-20,24-28,30-31,33,39,42,55H,4-7,9-10,12-14,21-23,29,32,34-38,40-41,43-54H2,1-3H3/b11-8-,18-15-,19-16-,20-17-,27-24-,28-25-,30-26-,33-31-,42-39-/t55-/m1/s1. The van der Waals surface area contributed by atoms with E-state index in [-0.39, 0.29) is 37.5 Å². The zero-order chi connectivity index (χ0) is 46.5. The molecule has 0 aliphatic heterocycles. The quantitative estimate of drug-likeness (QED) is 0.0262. The largest absolute Gasteiger partial charge is 0.462 e. The lowest BCUT2D eigenvalue weighted by atomic mass is 10.1. The highest BCUT2D eigenvalue weighted by Crippen LogP contribution is 2.12. The van der Waals surface area contributed by atoms with Gasteiger partial charge in [-0.15, -0.1) is 0 Å². The van der Waals surface area contributed by atoms with Gasteiger partial charge in [-0.3, -0.25) is 14.4 Å². The summed E-state index contributed by atoms with van der Waals surface area (Å²) < 4.78 is 16.7. The van der Waals surface area contributed by atoms with Crippen LogP contribution in [-0.2, 0) is 28.6 Å². The third-order valence-electron chi connectivity index (χ3n) is 10.5. The van der Waals surface area contributed by atoms with Gasteiger partial charge in [0.15, 0.2) is 6.10 Å². The van der Waals surface area contributed by atoms with Crippen molar-refractivity contribution in [3.8, 4) is 0 Å². The second-order valence-corrected chi connectivity index (χ2v) is 16.7. The van der Waals surface area contributed by atoms with Crippen LogP contribution in [0.25, 0.3) is 0 Å². The van der Waals surface area contributed by atoms with Crippen molar-refractivity contribution >= 4 is 17.9 Å². The van der Waals surface area contributed by atoms with E-state index in [0.717, 1.165) is 128 Å². The van der Waals surface area contributed by atoms with Gasteiger partial charge in [0.1, 0.15) is 13.2 Å². The van der Waals surface area contributed by atoms with Gasteiger partial charge in [-0.2, -0.15) is 0 Å². The van der Waals surface area contributed by atoms with E-state index in [1.165, 1.54) is 44.9 Å². The minimum absolute atomic E-state index is 0.112. The van der Waals surface area contributed by atoms with Gasteiger partial charge in [0.25, 0.3) is 0 Å². The first-order valence-corrected chi connectivity index (χ1v) is 25.9. The minimum Gasteiger partial charge on any atom is -0.462 e. The Kier molecular flexibility index (Phi) is 48.5. The number of unbranched alkanes of at least 4 members (excludes halogenated alkanes) is 16. The predicted octanol–water partition coefficient (Wildman–Crippen LogP) is 17.1. The van der Waals surface area contributed by atoms with Crippen LogP contribution in [0.15, 0.2) is 109 Å². The molecule has 0 heterocycles. The molecule has 0 aromatic rings. The molecule has 0 rings (SSSR count). The van der Waals surface area contributed by atoms with Gasteiger partial charge in [-0.25, -0.2) is 0 Å². The Morgan fingerprint density at radius 3 is 1.06 bits per heavy atom. The van der Waals surface area contributed by atoms with E-state index in [4.69, 9.17) is 14.2 Å². The molecule has 0 aromatic heterocycles. The Hall–Kier alpha value is -3.93. The topological polar surface area (TPSA) is 78.9 Å². The van der Waals surface area contributed by atoms with Crippen LogP contribution in [0.1, 0.15) is 220 Å². The van der Waals surface area contributed by atoms with E-state index in [9.17, 15) is 14.4 Å². The third kappa shape index (κ3) is 49.1. The maximum absolute atomic E-state index is 12.8. The fourth-order valence-electron chi connectivity index (χ4n) is 6.58. The van der Waals surface area contributed by atoms with E-state index < -0.39 is 6.10 Å². The highest BCUT2D eigenvalue weighted by atomic mass is 16.6. The van der Waals surface area contributed by atoms with Crippen LogP contribution >= 0.6 is 0 Å². The number of ether oxygens (including phenoxy) is 3. The summed E-state index contributed by atoms with van der Waals surface area (Å²) in [6.45, 7) is 6.37. The summed E-state index contributed by atoms with van der Waals surface area (Å²) >= 11 is 0. The molecule has 0 bridgehead atoms. The van der Waals surface area contributed by atoms with E-state index in [1.54, 1.807) is 0 Å². The van der Waals surface area contributed by atoms with Gasteiger partial charge in [0.05, 0.1) is 0 Å². The van der Waals surface area contributed by atoms with Crippen LogP contribution in [0, 0.1) is 0 Å². The molecule has 64 heavy (non-hydrogen) atoms. The molecule has 1 atom stereocenters. The fraction of sp³-hybridized carbons (Fsp3) is 0.638. The van der Waals surface area contributed by atoms with Gasteiger partial charge in [0.2, 0.25) is 0 Å². The minimum atomic E-state index is -0.816. The van der Waals surface area contributed by atoms with E-state index in [1.807, 2.05) is 0 Å². The smallest absolute Gasteiger partial charge is 0.306 e. The Morgan fingerprint density at radius 1 is 0.328 bits per heavy atom. The van der Waals surface area contributed by atoms with Gasteiger partial charge in [-0.1, -0.05) is 194 Å². The average Bonchev–Trinajstić information content (AvgIpc) is 3.29. The maximum atomic E-state index is 12.8. The number of hydrogen-bond donors (Lipinski definition) is 0. The van der Waals surface area contributed by atoms with E-state index in [2.05, 4.69) is 130 Å². The molecular weight excluding hydrogens is 793 g/mol. The first-order valence-electron chi connectivity index (χ1n) is 25.9. The van der Waals surface area contributed by atoms with Crippen molar-refractivity contribution in [3.05, 3.63) is 109 Å². The van der Waals surface area contributed by atoms with Crippen molar-refractivity contribution in [3.63, 3.8) is 0 Å². The zero-order valence-corrected chi connectivity index (χ0v) is 41.3. The van der Waals surface area contributed by atoms with E-state index >= 15 is 0 Å². The van der Waals surface area contributed by atoms with Crippen molar-refractivity contribution in [2.45, 2.75) is 226 Å². The van der Waals surface area contributed by atoms with Crippen LogP contribution in [0.4, 0.5) is 0 Å². The van der Waals surface area contributed by atoms with Crippen LogP contribution in [0.2, 0.25) is 0 Å². The second-order valence-electron chi connectivity index (χ2n) is 16.7. The van der Waals surface area contributed by atoms with Crippen molar-refractivity contribution in [1.29, 1.82) is 0 Å². The Morgan fingerprint density at radius 2 is 0.641 bits per heavy atom. The number of carbonyl (C=O) groups is 3. The van der Waals surface area contributed by atoms with Crippen molar-refractivity contribution in [1.82, 2.24) is 0 Å². The summed E-state index contributed by atoms with van der Waals surface area (Å²) in [4.78, 5) is 38.0. The Bertz CT molecular complexity index is 1340. The lowest BCUT2D eigenvalue weighted by Gasteiger charge is -2.18. The molecule has 362 valence electrons. The summed E-state index contributed by atoms with van der Waals surface area (Å²) in [6.07, 6.45) is 69.3. The zero-order valence-electron chi connectivity index (χ0n) is 41.3. The van der Waals surface area contributed by atoms with E-state index in [0.29, 0.717) is 19.3 Å². The molecule has 0 N–H and O–H groups in total. The summed E-state index contributed by atoms with van der Waals surface area (Å²) in [7, 11) is 0. The summed E-state index contributed by atoms with van der Waals surface area (Å²) in [5.41, 5.74) is 0. The highest BCUT2D eigenvalue weighted by Gasteiger charge is 2.19. The lowest BCUT2D eigenvalue weighted by molar-refractivity contribution is -0.167. The summed E-state index contributed by atoms with van der Waals surface area (Å²) in [5.74, 6) is -1.01. The van der Waals surface area contributed by atoms with Crippen LogP contribution < -0.4 is 0 Å². The van der Waals surface area contributed by atoms with Crippen LogP contribution in [0.5, 0.6) is 0 Å². The molecule has 0 saturated heterocycles. The molecule has 0 fully saturated rings. The van der Waals surface area contributed by atoms with Crippen molar-refractivity contribution in [2.24, 2.45) is 0 Å². The van der Waals surface area contributed by atoms with Gasteiger partial charge in [-0.05, 0) is 116 Å². The highest BCUT2D eigenvalue weighted by molar-refractivity contribution is 5.71. The first-order chi connectivity index (χ1) is 31.5. The first kappa shape index (κ1) is 60.1. The monoisotopic (exact) mass is 887 g/mol. The fourth-order valence-corrected chi connectivity index (χ4v) is 6.58.